The molecular weight excluding hydrogens is 415 g/mol. The molecule has 0 aromatic heterocycles. The SMILES string of the molecule is C/C(=N/Nc1ccc(C(F)(F)F)cc1)C(=N)CCOc1ccc(OCC(=O)O)c(C)c1. The Balaban J connectivity index is 1.82. The first-order chi connectivity index (χ1) is 14.6. The van der Waals surface area contributed by atoms with Gasteiger partial charge in [0.1, 0.15) is 11.5 Å². The van der Waals surface area contributed by atoms with Crippen LogP contribution in [0.1, 0.15) is 24.5 Å². The van der Waals surface area contributed by atoms with Gasteiger partial charge in [0.2, 0.25) is 0 Å². The molecule has 3 N–H and O–H groups in total. The molecule has 0 aliphatic rings. The van der Waals surface area contributed by atoms with Gasteiger partial charge in [-0.3, -0.25) is 5.43 Å². The number of aliphatic carboxylic acids is 1. The molecule has 7 nitrogen and oxygen atoms in total. The van der Waals surface area contributed by atoms with Crippen molar-refractivity contribution in [3.05, 3.63) is 53.6 Å². The molecule has 0 spiro atoms. The average molecular weight is 437 g/mol. The van der Waals surface area contributed by atoms with Crippen LogP contribution in [0.5, 0.6) is 11.5 Å². The molecule has 2 aromatic carbocycles. The predicted octanol–water partition coefficient (Wildman–Crippen LogP) is 4.75. The van der Waals surface area contributed by atoms with E-state index < -0.39 is 24.3 Å². The zero-order chi connectivity index (χ0) is 23.0. The Morgan fingerprint density at radius 1 is 1.16 bits per heavy atom. The van der Waals surface area contributed by atoms with Crippen LogP contribution in [0.25, 0.3) is 0 Å². The van der Waals surface area contributed by atoms with Gasteiger partial charge in [-0.2, -0.15) is 18.3 Å². The van der Waals surface area contributed by atoms with Crippen molar-refractivity contribution in [2.24, 2.45) is 5.10 Å². The van der Waals surface area contributed by atoms with Gasteiger partial charge in [0, 0.05) is 6.42 Å². The summed E-state index contributed by atoms with van der Waals surface area (Å²) in [5, 5.41) is 20.7. The molecule has 0 saturated heterocycles. The summed E-state index contributed by atoms with van der Waals surface area (Å²) in [6.07, 6.45) is -4.13. The normalized spacial score (nSPS) is 11.7. The maximum atomic E-state index is 12.6. The van der Waals surface area contributed by atoms with E-state index in [0.717, 1.165) is 12.1 Å². The number of hydrogen-bond acceptors (Lipinski definition) is 6. The number of rotatable bonds is 10. The van der Waals surface area contributed by atoms with Crippen LogP contribution in [-0.2, 0) is 11.0 Å². The second kappa shape index (κ2) is 10.5. The number of carbonyl (C=O) groups is 1. The Kier molecular flexibility index (Phi) is 8.00. The molecule has 0 amide bonds. The first kappa shape index (κ1) is 23.7. The van der Waals surface area contributed by atoms with Gasteiger partial charge in [0.15, 0.2) is 6.61 Å². The number of carboxylic acid groups (broad SMARTS) is 1. The van der Waals surface area contributed by atoms with Crippen LogP contribution in [-0.4, -0.2) is 35.7 Å². The summed E-state index contributed by atoms with van der Waals surface area (Å²) in [5.41, 5.74) is 3.55. The minimum absolute atomic E-state index is 0.206. The van der Waals surface area contributed by atoms with Crippen molar-refractivity contribution in [3.8, 4) is 11.5 Å². The topological polar surface area (TPSA) is 104 Å². The Hall–Kier alpha value is -3.56. The highest BCUT2D eigenvalue weighted by molar-refractivity contribution is 6.40. The molecule has 0 bridgehead atoms. The van der Waals surface area contributed by atoms with E-state index in [1.165, 1.54) is 12.1 Å². The molecule has 0 aliphatic heterocycles. The number of alkyl halides is 3. The molecule has 0 fully saturated rings. The lowest BCUT2D eigenvalue weighted by atomic mass is 10.2. The van der Waals surface area contributed by atoms with Gasteiger partial charge in [-0.15, -0.1) is 0 Å². The van der Waals surface area contributed by atoms with E-state index in [1.54, 1.807) is 32.0 Å². The highest BCUT2D eigenvalue weighted by Gasteiger charge is 2.29. The van der Waals surface area contributed by atoms with Gasteiger partial charge in [0.05, 0.1) is 29.3 Å². The van der Waals surface area contributed by atoms with E-state index in [9.17, 15) is 18.0 Å². The third kappa shape index (κ3) is 7.65. The van der Waals surface area contributed by atoms with Crippen LogP contribution < -0.4 is 14.9 Å². The molecule has 0 radical (unpaired) electrons. The molecule has 0 saturated carbocycles. The lowest BCUT2D eigenvalue weighted by Crippen LogP contribution is -2.15. The zero-order valence-corrected chi connectivity index (χ0v) is 16.9. The summed E-state index contributed by atoms with van der Waals surface area (Å²) in [6, 6.07) is 9.38. The second-order valence-corrected chi connectivity index (χ2v) is 6.57. The van der Waals surface area contributed by atoms with Gasteiger partial charge in [0.25, 0.3) is 0 Å². The Bertz CT molecular complexity index is 957. The van der Waals surface area contributed by atoms with Crippen LogP contribution in [0.15, 0.2) is 47.6 Å². The standard InChI is InChI=1S/C21H22F3N3O4/c1-13-11-17(7-8-19(13)31-12-20(28)29)30-10-9-18(25)14(2)26-27-16-5-3-15(4-6-16)21(22,23)24/h3-8,11,25,27H,9-10,12H2,1-2H3,(H,28,29)/b25-18?,26-14-. The van der Waals surface area contributed by atoms with Crippen molar-refractivity contribution >= 4 is 23.1 Å². The number of halogens is 3. The minimum atomic E-state index is -4.40. The number of hydrogen-bond donors (Lipinski definition) is 3. The number of hydrazone groups is 1. The van der Waals surface area contributed by atoms with E-state index in [0.29, 0.717) is 28.5 Å². The number of carboxylic acids is 1. The number of benzene rings is 2. The minimum Gasteiger partial charge on any atom is -0.493 e. The lowest BCUT2D eigenvalue weighted by molar-refractivity contribution is -0.139. The van der Waals surface area contributed by atoms with E-state index in [2.05, 4.69) is 10.5 Å². The number of aryl methyl sites for hydroxylation is 1. The van der Waals surface area contributed by atoms with Crippen LogP contribution in [0.2, 0.25) is 0 Å². The van der Waals surface area contributed by atoms with Crippen molar-refractivity contribution in [1.82, 2.24) is 0 Å². The molecule has 0 heterocycles. The third-order valence-electron chi connectivity index (χ3n) is 4.12. The zero-order valence-electron chi connectivity index (χ0n) is 16.9. The summed E-state index contributed by atoms with van der Waals surface area (Å²) < 4.78 is 48.5. The van der Waals surface area contributed by atoms with E-state index in [-0.39, 0.29) is 18.7 Å². The summed E-state index contributed by atoms with van der Waals surface area (Å²) in [4.78, 5) is 10.6. The molecule has 10 heteroatoms. The molecule has 166 valence electrons. The Morgan fingerprint density at radius 2 is 1.84 bits per heavy atom. The van der Waals surface area contributed by atoms with Gasteiger partial charge < -0.3 is 20.0 Å². The molecule has 2 rings (SSSR count). The number of ether oxygens (including phenoxy) is 2. The highest BCUT2D eigenvalue weighted by atomic mass is 19.4. The second-order valence-electron chi connectivity index (χ2n) is 6.57. The van der Waals surface area contributed by atoms with Gasteiger partial charge >= 0.3 is 12.1 Å². The van der Waals surface area contributed by atoms with Crippen LogP contribution in [0.4, 0.5) is 18.9 Å². The van der Waals surface area contributed by atoms with Crippen LogP contribution in [0.3, 0.4) is 0 Å². The molecule has 0 unspecified atom stereocenters. The summed E-state index contributed by atoms with van der Waals surface area (Å²) in [5.74, 6) is -0.0756. The maximum Gasteiger partial charge on any atom is 0.416 e. The third-order valence-corrected chi connectivity index (χ3v) is 4.12. The quantitative estimate of drug-likeness (QED) is 0.367. The van der Waals surface area contributed by atoms with Crippen molar-refractivity contribution in [2.45, 2.75) is 26.4 Å². The predicted molar refractivity (Wildman–Crippen MR) is 110 cm³/mol. The van der Waals surface area contributed by atoms with Crippen molar-refractivity contribution in [1.29, 1.82) is 5.41 Å². The first-order valence-corrected chi connectivity index (χ1v) is 9.19. The monoisotopic (exact) mass is 437 g/mol. The number of nitrogens with zero attached hydrogens (tertiary/aromatic N) is 1. The molecular formula is C21H22F3N3O4. The van der Waals surface area contributed by atoms with Gasteiger partial charge in [-0.25, -0.2) is 4.79 Å². The van der Waals surface area contributed by atoms with E-state index >= 15 is 0 Å². The summed E-state index contributed by atoms with van der Waals surface area (Å²) in [6.45, 7) is 3.14. The Labute approximate surface area is 177 Å². The average Bonchev–Trinajstić information content (AvgIpc) is 2.70. The first-order valence-electron chi connectivity index (χ1n) is 9.19. The molecule has 31 heavy (non-hydrogen) atoms. The fourth-order valence-corrected chi connectivity index (χ4v) is 2.41. The lowest BCUT2D eigenvalue weighted by Gasteiger charge is -2.11. The maximum absolute atomic E-state index is 12.6. The highest BCUT2D eigenvalue weighted by Crippen LogP contribution is 2.29. The van der Waals surface area contributed by atoms with Crippen LogP contribution >= 0.6 is 0 Å². The van der Waals surface area contributed by atoms with Gasteiger partial charge in [-0.05, 0) is 61.9 Å². The smallest absolute Gasteiger partial charge is 0.416 e. The van der Waals surface area contributed by atoms with Crippen molar-refractivity contribution in [3.63, 3.8) is 0 Å². The van der Waals surface area contributed by atoms with E-state index in [1.807, 2.05) is 0 Å². The van der Waals surface area contributed by atoms with Gasteiger partial charge in [-0.1, -0.05) is 0 Å². The fourth-order valence-electron chi connectivity index (χ4n) is 2.41. The largest absolute Gasteiger partial charge is 0.493 e. The number of nitrogens with one attached hydrogen (secondary N) is 2. The van der Waals surface area contributed by atoms with Crippen LogP contribution in [0, 0.1) is 12.3 Å². The summed E-state index contributed by atoms with van der Waals surface area (Å²) in [7, 11) is 0. The molecule has 2 aromatic rings. The number of anilines is 1. The Morgan fingerprint density at radius 3 is 2.42 bits per heavy atom. The van der Waals surface area contributed by atoms with Crippen molar-refractivity contribution in [2.75, 3.05) is 18.6 Å². The fraction of sp³-hybridized carbons (Fsp3) is 0.286. The summed E-state index contributed by atoms with van der Waals surface area (Å²) >= 11 is 0. The van der Waals surface area contributed by atoms with Crippen molar-refractivity contribution < 1.29 is 32.5 Å². The van der Waals surface area contributed by atoms with E-state index in [4.69, 9.17) is 20.0 Å². The molecule has 0 aliphatic carbocycles. The molecule has 0 atom stereocenters.